The summed E-state index contributed by atoms with van der Waals surface area (Å²) < 4.78 is 17.0. The van der Waals surface area contributed by atoms with Crippen molar-refractivity contribution in [3.05, 3.63) is 15.9 Å². The summed E-state index contributed by atoms with van der Waals surface area (Å²) in [6, 6.07) is 0. The molecule has 0 atom stereocenters. The summed E-state index contributed by atoms with van der Waals surface area (Å²) in [7, 11) is 0. The third-order valence-corrected chi connectivity index (χ3v) is 3.56. The minimum absolute atomic E-state index is 0.0575. The number of esters is 1. The summed E-state index contributed by atoms with van der Waals surface area (Å²) in [6.45, 7) is 15.6. The molecule has 8 nitrogen and oxygen atoms in total. The zero-order chi connectivity index (χ0) is 21.9. The highest BCUT2D eigenvalue weighted by Crippen LogP contribution is 2.14. The van der Waals surface area contributed by atoms with E-state index in [1.54, 1.807) is 67.7 Å². The summed E-state index contributed by atoms with van der Waals surface area (Å²) in [5.74, 6) is -0.508. The number of aromatic nitrogens is 1. The molecule has 1 aromatic heterocycles. The molecule has 9 heteroatoms. The average Bonchev–Trinajstić information content (AvgIpc) is 2.74. The summed E-state index contributed by atoms with van der Waals surface area (Å²) in [4.78, 5) is 40.9. The van der Waals surface area contributed by atoms with Gasteiger partial charge in [0.1, 0.15) is 16.8 Å². The van der Waals surface area contributed by atoms with Gasteiger partial charge in [0.15, 0.2) is 0 Å². The summed E-state index contributed by atoms with van der Waals surface area (Å²) in [6.07, 6.45) is -1.75. The van der Waals surface area contributed by atoms with Crippen LogP contribution in [0.1, 0.15) is 68.0 Å². The molecule has 0 spiro atoms. The van der Waals surface area contributed by atoms with E-state index in [1.165, 1.54) is 0 Å². The van der Waals surface area contributed by atoms with Gasteiger partial charge in [0.2, 0.25) is 4.80 Å². The van der Waals surface area contributed by atoms with Crippen molar-refractivity contribution in [3.63, 3.8) is 0 Å². The van der Waals surface area contributed by atoms with E-state index in [0.717, 1.165) is 15.9 Å². The molecule has 0 aliphatic carbocycles. The van der Waals surface area contributed by atoms with E-state index in [1.807, 2.05) is 0 Å². The van der Waals surface area contributed by atoms with Crippen molar-refractivity contribution >= 4 is 29.5 Å². The first-order valence-corrected chi connectivity index (χ1v) is 9.77. The fraction of sp³-hybridized carbons (Fsp3) is 0.684. The molecule has 0 saturated carbocycles. The molecule has 0 aliphatic heterocycles. The van der Waals surface area contributed by atoms with Crippen molar-refractivity contribution in [2.75, 3.05) is 0 Å². The SMILES string of the molecule is CC(C)(C)OC(=O)Cc1csc(=NC(=O)OC(C)(C)C)n1C(=O)OC(C)(C)C. The van der Waals surface area contributed by atoms with Crippen molar-refractivity contribution in [3.8, 4) is 0 Å². The van der Waals surface area contributed by atoms with Crippen LogP contribution in [0.4, 0.5) is 9.59 Å². The Balaban J connectivity index is 3.30. The first-order chi connectivity index (χ1) is 12.5. The highest BCUT2D eigenvalue weighted by Gasteiger charge is 2.25. The lowest BCUT2D eigenvalue weighted by Crippen LogP contribution is -2.34. The summed E-state index contributed by atoms with van der Waals surface area (Å²) in [5.41, 5.74) is -1.84. The second-order valence-corrected chi connectivity index (χ2v) is 10.0. The van der Waals surface area contributed by atoms with Crippen LogP contribution in [0.15, 0.2) is 10.4 Å². The summed E-state index contributed by atoms with van der Waals surface area (Å²) in [5, 5.41) is 1.57. The molecule has 0 saturated heterocycles. The maximum Gasteiger partial charge on any atom is 0.436 e. The van der Waals surface area contributed by atoms with Gasteiger partial charge in [-0.05, 0) is 62.3 Å². The van der Waals surface area contributed by atoms with Gasteiger partial charge in [-0.2, -0.15) is 0 Å². The zero-order valence-electron chi connectivity index (χ0n) is 18.0. The Labute approximate surface area is 169 Å². The number of nitrogens with zero attached hydrogens (tertiary/aromatic N) is 2. The number of hydrogen-bond acceptors (Lipinski definition) is 7. The molecule has 0 aliphatic rings. The van der Waals surface area contributed by atoms with E-state index in [2.05, 4.69) is 4.99 Å². The predicted octanol–water partition coefficient (Wildman–Crippen LogP) is 4.05. The first kappa shape index (κ1) is 23.9. The van der Waals surface area contributed by atoms with Crippen LogP contribution in [-0.2, 0) is 25.4 Å². The number of amides is 1. The number of hydrogen-bond donors (Lipinski definition) is 0. The zero-order valence-corrected chi connectivity index (χ0v) is 18.9. The molecule has 158 valence electrons. The van der Waals surface area contributed by atoms with Crippen molar-refractivity contribution in [1.82, 2.24) is 4.57 Å². The monoisotopic (exact) mass is 414 g/mol. The topological polar surface area (TPSA) is 96.2 Å². The fourth-order valence-corrected chi connectivity index (χ4v) is 2.79. The molecule has 28 heavy (non-hydrogen) atoms. The second kappa shape index (κ2) is 8.46. The van der Waals surface area contributed by atoms with E-state index in [4.69, 9.17) is 14.2 Å². The Morgan fingerprint density at radius 3 is 1.86 bits per heavy atom. The van der Waals surface area contributed by atoms with E-state index < -0.39 is 35.0 Å². The van der Waals surface area contributed by atoms with Gasteiger partial charge in [0, 0.05) is 5.38 Å². The van der Waals surface area contributed by atoms with Crippen molar-refractivity contribution < 1.29 is 28.6 Å². The Kier molecular flexibility index (Phi) is 7.22. The van der Waals surface area contributed by atoms with Gasteiger partial charge in [-0.25, -0.2) is 14.2 Å². The third kappa shape index (κ3) is 8.69. The van der Waals surface area contributed by atoms with Crippen LogP contribution in [0.5, 0.6) is 0 Å². The van der Waals surface area contributed by atoms with Crippen LogP contribution in [-0.4, -0.2) is 39.5 Å². The first-order valence-electron chi connectivity index (χ1n) is 8.89. The van der Waals surface area contributed by atoms with E-state index in [9.17, 15) is 14.4 Å². The predicted molar refractivity (Wildman–Crippen MR) is 105 cm³/mol. The lowest BCUT2D eigenvalue weighted by atomic mass is 10.2. The lowest BCUT2D eigenvalue weighted by Gasteiger charge is -2.21. The Morgan fingerprint density at radius 1 is 0.893 bits per heavy atom. The molecule has 1 rings (SSSR count). The minimum Gasteiger partial charge on any atom is -0.460 e. The van der Waals surface area contributed by atoms with Crippen LogP contribution in [0, 0.1) is 0 Å². The number of ether oxygens (including phenoxy) is 3. The van der Waals surface area contributed by atoms with E-state index >= 15 is 0 Å². The molecule has 0 bridgehead atoms. The van der Waals surface area contributed by atoms with Crippen molar-refractivity contribution in [1.29, 1.82) is 0 Å². The maximum atomic E-state index is 12.7. The Hall–Kier alpha value is -2.16. The van der Waals surface area contributed by atoms with Gasteiger partial charge in [0.05, 0.1) is 12.1 Å². The van der Waals surface area contributed by atoms with Gasteiger partial charge in [0.25, 0.3) is 0 Å². The molecular formula is C19H30N2O6S. The molecule has 1 heterocycles. The third-order valence-electron chi connectivity index (χ3n) is 2.68. The fourth-order valence-electron chi connectivity index (χ4n) is 1.94. The largest absolute Gasteiger partial charge is 0.460 e. The van der Waals surface area contributed by atoms with Crippen LogP contribution >= 0.6 is 11.3 Å². The highest BCUT2D eigenvalue weighted by molar-refractivity contribution is 7.07. The molecule has 1 aromatic rings. The minimum atomic E-state index is -0.838. The maximum absolute atomic E-state index is 12.7. The molecule has 0 aromatic carbocycles. The number of rotatable bonds is 2. The number of thiazole rings is 1. The van der Waals surface area contributed by atoms with Crippen molar-refractivity contribution in [2.45, 2.75) is 85.5 Å². The average molecular weight is 415 g/mol. The molecule has 0 unspecified atom stereocenters. The number of carbonyl (C=O) groups is 3. The van der Waals surface area contributed by atoms with Crippen molar-refractivity contribution in [2.24, 2.45) is 4.99 Å². The Morgan fingerprint density at radius 2 is 1.39 bits per heavy atom. The van der Waals surface area contributed by atoms with Crippen LogP contribution in [0.2, 0.25) is 0 Å². The second-order valence-electron chi connectivity index (χ2n) is 9.18. The molecule has 0 N–H and O–H groups in total. The molecule has 0 radical (unpaired) electrons. The lowest BCUT2D eigenvalue weighted by molar-refractivity contribution is -0.154. The van der Waals surface area contributed by atoms with Gasteiger partial charge in [-0.15, -0.1) is 16.3 Å². The van der Waals surface area contributed by atoms with Gasteiger partial charge < -0.3 is 14.2 Å². The Bertz CT molecular complexity index is 800. The van der Waals surface area contributed by atoms with Gasteiger partial charge >= 0.3 is 18.2 Å². The molecule has 1 amide bonds. The quantitative estimate of drug-likeness (QED) is 0.535. The highest BCUT2D eigenvalue weighted by atomic mass is 32.1. The standard InChI is InChI=1S/C19H30N2O6S/c1-17(2,3)25-13(22)10-12-11-28-14(20-15(23)26-18(4,5)6)21(12)16(24)27-19(7,8)9/h11H,10H2,1-9H3. The van der Waals surface area contributed by atoms with Crippen LogP contribution in [0.3, 0.4) is 0 Å². The van der Waals surface area contributed by atoms with Crippen LogP contribution < -0.4 is 4.80 Å². The van der Waals surface area contributed by atoms with Gasteiger partial charge in [-0.1, -0.05) is 0 Å². The number of carbonyl (C=O) groups excluding carboxylic acids is 3. The van der Waals surface area contributed by atoms with E-state index in [0.29, 0.717) is 5.69 Å². The normalized spacial score (nSPS) is 13.2. The summed E-state index contributed by atoms with van der Waals surface area (Å²) >= 11 is 1.03. The van der Waals surface area contributed by atoms with E-state index in [-0.39, 0.29) is 11.2 Å². The smallest absolute Gasteiger partial charge is 0.436 e. The molecule has 0 fully saturated rings. The molecular weight excluding hydrogens is 384 g/mol. The van der Waals surface area contributed by atoms with Crippen LogP contribution in [0.25, 0.3) is 0 Å². The van der Waals surface area contributed by atoms with Gasteiger partial charge in [-0.3, -0.25) is 4.79 Å².